The molecule has 3 nitrogen and oxygen atoms in total. The highest BCUT2D eigenvalue weighted by atomic mass is 16.1. The molecule has 134 valence electrons. The molecule has 1 aromatic rings. The number of benzene rings is 1. The van der Waals surface area contributed by atoms with Crippen molar-refractivity contribution >= 4 is 5.91 Å². The van der Waals surface area contributed by atoms with Crippen molar-refractivity contribution in [3.63, 3.8) is 0 Å². The van der Waals surface area contributed by atoms with E-state index in [1.165, 1.54) is 24.0 Å². The quantitative estimate of drug-likeness (QED) is 0.710. The van der Waals surface area contributed by atoms with Gasteiger partial charge in [0.05, 0.1) is 0 Å². The second kappa shape index (κ2) is 9.83. The molecular formula is C21H34N2O. The molecule has 1 atom stereocenters. The summed E-state index contributed by atoms with van der Waals surface area (Å²) in [6.45, 7) is 9.65. The standard InChI is InChI=1S/C21H34N2O/c1-16(2)19-8-6-18(7-9-19)5-4-12-23-21(24)15-17(3)20-10-13-22-14-11-20/h6-9,16-17,20,22H,4-5,10-15H2,1-3H3,(H,23,24). The molecule has 1 heterocycles. The van der Waals surface area contributed by atoms with Gasteiger partial charge in [-0.25, -0.2) is 0 Å². The van der Waals surface area contributed by atoms with Gasteiger partial charge in [0, 0.05) is 13.0 Å². The third-order valence-electron chi connectivity index (χ3n) is 5.31. The van der Waals surface area contributed by atoms with Crippen LogP contribution in [0.5, 0.6) is 0 Å². The zero-order valence-corrected chi connectivity index (χ0v) is 15.6. The lowest BCUT2D eigenvalue weighted by atomic mass is 9.84. The Hall–Kier alpha value is -1.35. The van der Waals surface area contributed by atoms with Crippen molar-refractivity contribution in [1.29, 1.82) is 0 Å². The van der Waals surface area contributed by atoms with Gasteiger partial charge in [0.15, 0.2) is 0 Å². The maximum absolute atomic E-state index is 12.1. The molecule has 2 rings (SSSR count). The van der Waals surface area contributed by atoms with E-state index in [0.717, 1.165) is 32.5 Å². The predicted octanol–water partition coefficient (Wildman–Crippen LogP) is 3.88. The van der Waals surface area contributed by atoms with Crippen LogP contribution in [0.4, 0.5) is 0 Å². The number of nitrogens with one attached hydrogen (secondary N) is 2. The van der Waals surface area contributed by atoms with E-state index >= 15 is 0 Å². The van der Waals surface area contributed by atoms with Gasteiger partial charge in [0.25, 0.3) is 0 Å². The van der Waals surface area contributed by atoms with Gasteiger partial charge in [0.1, 0.15) is 0 Å². The summed E-state index contributed by atoms with van der Waals surface area (Å²) in [5.74, 6) is 2.00. The number of carbonyl (C=O) groups is 1. The lowest BCUT2D eigenvalue weighted by Crippen LogP contribution is -2.33. The molecule has 0 radical (unpaired) electrons. The van der Waals surface area contributed by atoms with Crippen molar-refractivity contribution in [2.75, 3.05) is 19.6 Å². The predicted molar refractivity (Wildman–Crippen MR) is 101 cm³/mol. The van der Waals surface area contributed by atoms with E-state index in [0.29, 0.717) is 24.2 Å². The van der Waals surface area contributed by atoms with Gasteiger partial charge >= 0.3 is 0 Å². The normalized spacial score (nSPS) is 17.0. The Morgan fingerprint density at radius 2 is 1.83 bits per heavy atom. The van der Waals surface area contributed by atoms with Crippen molar-refractivity contribution < 1.29 is 4.79 Å². The van der Waals surface area contributed by atoms with Crippen LogP contribution < -0.4 is 10.6 Å². The SMILES string of the molecule is CC(C)c1ccc(CCCNC(=O)CC(C)C2CCNCC2)cc1. The van der Waals surface area contributed by atoms with Crippen molar-refractivity contribution in [3.8, 4) is 0 Å². The van der Waals surface area contributed by atoms with E-state index in [1.54, 1.807) is 0 Å². The van der Waals surface area contributed by atoms with E-state index in [-0.39, 0.29) is 5.91 Å². The van der Waals surface area contributed by atoms with Gasteiger partial charge in [-0.2, -0.15) is 0 Å². The van der Waals surface area contributed by atoms with Crippen LogP contribution in [0.15, 0.2) is 24.3 Å². The molecule has 0 saturated carbocycles. The summed E-state index contributed by atoms with van der Waals surface area (Å²) in [5.41, 5.74) is 2.75. The molecule has 1 amide bonds. The third-order valence-corrected chi connectivity index (χ3v) is 5.31. The minimum Gasteiger partial charge on any atom is -0.356 e. The zero-order chi connectivity index (χ0) is 17.4. The number of piperidine rings is 1. The Bertz CT molecular complexity index is 489. The van der Waals surface area contributed by atoms with E-state index in [9.17, 15) is 4.79 Å². The Morgan fingerprint density at radius 1 is 1.17 bits per heavy atom. The number of amides is 1. The monoisotopic (exact) mass is 330 g/mol. The molecule has 1 fully saturated rings. The first-order valence-corrected chi connectivity index (χ1v) is 9.62. The van der Waals surface area contributed by atoms with Gasteiger partial charge in [-0.15, -0.1) is 0 Å². The van der Waals surface area contributed by atoms with Crippen molar-refractivity contribution in [3.05, 3.63) is 35.4 Å². The highest BCUT2D eigenvalue weighted by Gasteiger charge is 2.21. The molecule has 0 spiro atoms. The number of rotatable bonds is 8. The molecule has 0 aliphatic carbocycles. The number of aryl methyl sites for hydroxylation is 1. The topological polar surface area (TPSA) is 41.1 Å². The van der Waals surface area contributed by atoms with Crippen LogP contribution in [0.2, 0.25) is 0 Å². The fourth-order valence-electron chi connectivity index (χ4n) is 3.53. The van der Waals surface area contributed by atoms with Crippen molar-refractivity contribution in [2.45, 2.75) is 58.8 Å². The minimum absolute atomic E-state index is 0.219. The van der Waals surface area contributed by atoms with Crippen LogP contribution in [0, 0.1) is 11.8 Å². The molecule has 1 unspecified atom stereocenters. The van der Waals surface area contributed by atoms with Crippen molar-refractivity contribution in [2.24, 2.45) is 11.8 Å². The van der Waals surface area contributed by atoms with E-state index in [2.05, 4.69) is 55.7 Å². The number of hydrogen-bond donors (Lipinski definition) is 2. The number of hydrogen-bond acceptors (Lipinski definition) is 2. The summed E-state index contributed by atoms with van der Waals surface area (Å²) in [4.78, 5) is 12.1. The lowest BCUT2D eigenvalue weighted by Gasteiger charge is -2.27. The first-order valence-electron chi connectivity index (χ1n) is 9.62. The lowest BCUT2D eigenvalue weighted by molar-refractivity contribution is -0.122. The molecule has 0 aromatic heterocycles. The highest BCUT2D eigenvalue weighted by Crippen LogP contribution is 2.24. The molecule has 2 N–H and O–H groups in total. The summed E-state index contributed by atoms with van der Waals surface area (Å²) in [5, 5.41) is 6.49. The third kappa shape index (κ3) is 6.27. The maximum atomic E-state index is 12.1. The summed E-state index contributed by atoms with van der Waals surface area (Å²) in [7, 11) is 0. The van der Waals surface area contributed by atoms with E-state index < -0.39 is 0 Å². The smallest absolute Gasteiger partial charge is 0.220 e. The van der Waals surface area contributed by atoms with Gasteiger partial charge in [-0.1, -0.05) is 45.0 Å². The largest absolute Gasteiger partial charge is 0.356 e. The van der Waals surface area contributed by atoms with Crippen LogP contribution in [0.1, 0.15) is 63.5 Å². The fraction of sp³-hybridized carbons (Fsp3) is 0.667. The van der Waals surface area contributed by atoms with Crippen LogP contribution >= 0.6 is 0 Å². The molecule has 3 heteroatoms. The second-order valence-electron chi connectivity index (χ2n) is 7.62. The van der Waals surface area contributed by atoms with Gasteiger partial charge in [-0.05, 0) is 67.7 Å². The first kappa shape index (κ1) is 19.0. The molecule has 24 heavy (non-hydrogen) atoms. The second-order valence-corrected chi connectivity index (χ2v) is 7.62. The average Bonchev–Trinajstić information content (AvgIpc) is 2.60. The average molecular weight is 331 g/mol. The Morgan fingerprint density at radius 3 is 2.46 bits per heavy atom. The van der Waals surface area contributed by atoms with Crippen LogP contribution in [0.25, 0.3) is 0 Å². The van der Waals surface area contributed by atoms with Gasteiger partial charge < -0.3 is 10.6 Å². The zero-order valence-electron chi connectivity index (χ0n) is 15.6. The summed E-state index contributed by atoms with van der Waals surface area (Å²) in [6.07, 6.45) is 5.13. The van der Waals surface area contributed by atoms with Gasteiger partial charge in [-0.3, -0.25) is 4.79 Å². The fourth-order valence-corrected chi connectivity index (χ4v) is 3.53. The summed E-state index contributed by atoms with van der Waals surface area (Å²) in [6, 6.07) is 8.88. The van der Waals surface area contributed by atoms with Crippen LogP contribution in [0.3, 0.4) is 0 Å². The molecule has 1 saturated heterocycles. The molecule has 1 aromatic carbocycles. The van der Waals surface area contributed by atoms with Crippen molar-refractivity contribution in [1.82, 2.24) is 10.6 Å². The Balaban J connectivity index is 1.61. The maximum Gasteiger partial charge on any atom is 0.220 e. The number of carbonyl (C=O) groups excluding carboxylic acids is 1. The van der Waals surface area contributed by atoms with E-state index in [4.69, 9.17) is 0 Å². The molecule has 0 bridgehead atoms. The molecule has 1 aliphatic heterocycles. The highest BCUT2D eigenvalue weighted by molar-refractivity contribution is 5.76. The summed E-state index contributed by atoms with van der Waals surface area (Å²) < 4.78 is 0. The van der Waals surface area contributed by atoms with Crippen LogP contribution in [-0.4, -0.2) is 25.5 Å². The minimum atomic E-state index is 0.219. The van der Waals surface area contributed by atoms with Crippen LogP contribution in [-0.2, 0) is 11.2 Å². The Labute approximate surface area is 147 Å². The summed E-state index contributed by atoms with van der Waals surface area (Å²) >= 11 is 0. The Kier molecular flexibility index (Phi) is 7.77. The molecule has 1 aliphatic rings. The molecular weight excluding hydrogens is 296 g/mol. The van der Waals surface area contributed by atoms with E-state index in [1.807, 2.05) is 0 Å². The first-order chi connectivity index (χ1) is 11.6. The van der Waals surface area contributed by atoms with Gasteiger partial charge in [0.2, 0.25) is 5.91 Å².